The van der Waals surface area contributed by atoms with Crippen LogP contribution in [0.3, 0.4) is 0 Å². The van der Waals surface area contributed by atoms with E-state index < -0.39 is 0 Å². The van der Waals surface area contributed by atoms with Gasteiger partial charge in [0, 0.05) is 0 Å². The minimum Gasteiger partial charge on any atom is -0.469 e. The molecular weight excluding hydrogens is 188 g/mol. The highest BCUT2D eigenvalue weighted by Gasteiger charge is 2.67. The van der Waals surface area contributed by atoms with Crippen LogP contribution in [0.1, 0.15) is 44.9 Å². The largest absolute Gasteiger partial charge is 0.469 e. The molecule has 0 bridgehead atoms. The van der Waals surface area contributed by atoms with Gasteiger partial charge in [-0.05, 0) is 43.4 Å². The average molecular weight is 208 g/mol. The lowest BCUT2D eigenvalue weighted by molar-refractivity contribution is -0.194. The molecule has 0 amide bonds. The summed E-state index contributed by atoms with van der Waals surface area (Å²) in [6.07, 6.45) is 8.91. The van der Waals surface area contributed by atoms with Gasteiger partial charge in [-0.15, -0.1) is 0 Å². The summed E-state index contributed by atoms with van der Waals surface area (Å²) < 4.78 is 5.08. The molecule has 0 aromatic heterocycles. The Hall–Kier alpha value is -0.530. The molecule has 15 heavy (non-hydrogen) atoms. The van der Waals surface area contributed by atoms with Crippen molar-refractivity contribution in [3.63, 3.8) is 0 Å². The topological polar surface area (TPSA) is 26.3 Å². The quantitative estimate of drug-likeness (QED) is 0.619. The molecule has 0 radical (unpaired) electrons. The number of rotatable bonds is 1. The van der Waals surface area contributed by atoms with E-state index in [-0.39, 0.29) is 11.4 Å². The average Bonchev–Trinajstić information content (AvgIpc) is 2.69. The van der Waals surface area contributed by atoms with Crippen LogP contribution in [-0.4, -0.2) is 13.1 Å². The zero-order chi connectivity index (χ0) is 10.5. The third kappa shape index (κ3) is 1.03. The molecule has 0 aliphatic heterocycles. The van der Waals surface area contributed by atoms with E-state index in [9.17, 15) is 4.79 Å². The van der Waals surface area contributed by atoms with E-state index in [1.165, 1.54) is 38.5 Å². The molecule has 3 fully saturated rings. The molecule has 3 aliphatic rings. The molecule has 3 saturated carbocycles. The lowest BCUT2D eigenvalue weighted by Crippen LogP contribution is -2.60. The van der Waals surface area contributed by atoms with Crippen LogP contribution in [0.5, 0.6) is 0 Å². The monoisotopic (exact) mass is 208 g/mol. The summed E-state index contributed by atoms with van der Waals surface area (Å²) in [6, 6.07) is 0. The molecule has 4 atom stereocenters. The van der Waals surface area contributed by atoms with E-state index in [0.29, 0.717) is 11.8 Å². The molecule has 2 nitrogen and oxygen atoms in total. The first kappa shape index (κ1) is 9.68. The Morgan fingerprint density at radius 1 is 1.13 bits per heavy atom. The predicted octanol–water partition coefficient (Wildman–Crippen LogP) is 2.77. The van der Waals surface area contributed by atoms with Crippen LogP contribution < -0.4 is 0 Å². The van der Waals surface area contributed by atoms with Gasteiger partial charge in [0.15, 0.2) is 0 Å². The molecule has 0 aromatic rings. The molecule has 84 valence electrons. The molecule has 2 heteroatoms. The van der Waals surface area contributed by atoms with Crippen molar-refractivity contribution in [2.45, 2.75) is 44.9 Å². The minimum atomic E-state index is -0.0336. The van der Waals surface area contributed by atoms with E-state index in [1.807, 2.05) is 0 Å². The van der Waals surface area contributed by atoms with E-state index in [1.54, 1.807) is 7.11 Å². The van der Waals surface area contributed by atoms with Crippen molar-refractivity contribution in [1.29, 1.82) is 0 Å². The second-order valence-electron chi connectivity index (χ2n) is 5.59. The number of carbonyl (C=O) groups is 1. The van der Waals surface area contributed by atoms with Crippen molar-refractivity contribution in [1.82, 2.24) is 0 Å². The van der Waals surface area contributed by atoms with Crippen molar-refractivity contribution in [3.05, 3.63) is 0 Å². The Morgan fingerprint density at radius 2 is 1.87 bits per heavy atom. The fourth-order valence-corrected chi connectivity index (χ4v) is 4.87. The van der Waals surface area contributed by atoms with Gasteiger partial charge in [-0.2, -0.15) is 0 Å². The van der Waals surface area contributed by atoms with Crippen LogP contribution in [0.15, 0.2) is 0 Å². The fourth-order valence-electron chi connectivity index (χ4n) is 4.87. The second kappa shape index (κ2) is 3.23. The Bertz CT molecular complexity index is 286. The fraction of sp³-hybridized carbons (Fsp3) is 0.923. The molecule has 3 aliphatic carbocycles. The molecule has 0 aromatic carbocycles. The predicted molar refractivity (Wildman–Crippen MR) is 57.2 cm³/mol. The van der Waals surface area contributed by atoms with Crippen LogP contribution in [-0.2, 0) is 9.53 Å². The number of hydrogen-bond donors (Lipinski definition) is 0. The zero-order valence-electron chi connectivity index (χ0n) is 9.50. The van der Waals surface area contributed by atoms with Gasteiger partial charge in [0.05, 0.1) is 12.5 Å². The highest BCUT2D eigenvalue weighted by Crippen LogP contribution is 2.68. The first-order valence-electron chi connectivity index (χ1n) is 6.39. The Balaban J connectivity index is 1.92. The summed E-state index contributed by atoms with van der Waals surface area (Å²) in [4.78, 5) is 12.1. The smallest absolute Gasteiger partial charge is 0.312 e. The lowest BCUT2D eigenvalue weighted by atomic mass is 9.43. The summed E-state index contributed by atoms with van der Waals surface area (Å²) in [6.45, 7) is 0. The normalized spacial score (nSPS) is 47.7. The summed E-state index contributed by atoms with van der Waals surface area (Å²) in [5.41, 5.74) is -0.0336. The van der Waals surface area contributed by atoms with Gasteiger partial charge in [-0.25, -0.2) is 0 Å². The molecule has 0 spiro atoms. The first-order valence-corrected chi connectivity index (χ1v) is 6.39. The Morgan fingerprint density at radius 3 is 2.60 bits per heavy atom. The molecule has 0 saturated heterocycles. The Kier molecular flexibility index (Phi) is 2.08. The minimum absolute atomic E-state index is 0.0336. The van der Waals surface area contributed by atoms with Crippen molar-refractivity contribution >= 4 is 5.97 Å². The zero-order valence-corrected chi connectivity index (χ0v) is 9.50. The van der Waals surface area contributed by atoms with Crippen LogP contribution in [0, 0.1) is 23.2 Å². The van der Waals surface area contributed by atoms with E-state index in [0.717, 1.165) is 12.3 Å². The van der Waals surface area contributed by atoms with Crippen LogP contribution in [0.25, 0.3) is 0 Å². The third-order valence-corrected chi connectivity index (χ3v) is 5.33. The van der Waals surface area contributed by atoms with Gasteiger partial charge >= 0.3 is 5.97 Å². The summed E-state index contributed by atoms with van der Waals surface area (Å²) in [7, 11) is 1.56. The number of methoxy groups -OCH3 is 1. The van der Waals surface area contributed by atoms with E-state index in [2.05, 4.69) is 0 Å². The molecule has 0 N–H and O–H groups in total. The van der Waals surface area contributed by atoms with Crippen molar-refractivity contribution in [2.24, 2.45) is 23.2 Å². The van der Waals surface area contributed by atoms with Gasteiger partial charge < -0.3 is 4.74 Å². The number of carbonyl (C=O) groups excluding carboxylic acids is 1. The molecule has 3 rings (SSSR count). The van der Waals surface area contributed by atoms with E-state index in [4.69, 9.17) is 4.74 Å². The van der Waals surface area contributed by atoms with Crippen molar-refractivity contribution in [2.75, 3.05) is 7.11 Å². The Labute approximate surface area is 91.4 Å². The van der Waals surface area contributed by atoms with E-state index >= 15 is 0 Å². The third-order valence-electron chi connectivity index (χ3n) is 5.33. The molecule has 0 unspecified atom stereocenters. The molecule has 0 heterocycles. The summed E-state index contributed by atoms with van der Waals surface area (Å²) >= 11 is 0. The molecular formula is C13H20O2. The maximum Gasteiger partial charge on any atom is 0.312 e. The second-order valence-corrected chi connectivity index (χ2v) is 5.59. The van der Waals surface area contributed by atoms with Crippen molar-refractivity contribution < 1.29 is 9.53 Å². The van der Waals surface area contributed by atoms with Gasteiger partial charge in [-0.1, -0.05) is 19.3 Å². The maximum absolute atomic E-state index is 12.1. The summed E-state index contributed by atoms with van der Waals surface area (Å²) in [5, 5.41) is 0. The van der Waals surface area contributed by atoms with Crippen LogP contribution in [0.2, 0.25) is 0 Å². The standard InChI is InChI=1S/C13H20O2/c1-15-12(14)13-8-3-2-6-10(13)9-5-4-7-11(9)13/h9-11H,2-8H2,1H3/t9-,10-,11-,13+/m1/s1. The van der Waals surface area contributed by atoms with Crippen molar-refractivity contribution in [3.8, 4) is 0 Å². The van der Waals surface area contributed by atoms with Gasteiger partial charge in [0.25, 0.3) is 0 Å². The highest BCUT2D eigenvalue weighted by atomic mass is 16.5. The number of hydrogen-bond acceptors (Lipinski definition) is 2. The number of fused-ring (bicyclic) bond motifs is 4. The first-order chi connectivity index (χ1) is 7.30. The van der Waals surface area contributed by atoms with Crippen LogP contribution >= 0.6 is 0 Å². The maximum atomic E-state index is 12.1. The number of esters is 1. The summed E-state index contributed by atoms with van der Waals surface area (Å²) in [5.74, 6) is 2.32. The SMILES string of the molecule is COC(=O)[C@@]12CCCC[C@@H]1[C@H]1CCC[C@H]12. The van der Waals surface area contributed by atoms with Gasteiger partial charge in [0.2, 0.25) is 0 Å². The van der Waals surface area contributed by atoms with Crippen LogP contribution in [0.4, 0.5) is 0 Å². The number of ether oxygens (including phenoxy) is 1. The lowest BCUT2D eigenvalue weighted by Gasteiger charge is -2.60. The van der Waals surface area contributed by atoms with Gasteiger partial charge in [-0.3, -0.25) is 4.79 Å². The van der Waals surface area contributed by atoms with Gasteiger partial charge in [0.1, 0.15) is 0 Å². The highest BCUT2D eigenvalue weighted by molar-refractivity contribution is 5.79.